The van der Waals surface area contributed by atoms with Crippen LogP contribution in [-0.2, 0) is 6.42 Å². The van der Waals surface area contributed by atoms with Crippen LogP contribution in [0.3, 0.4) is 0 Å². The van der Waals surface area contributed by atoms with Gasteiger partial charge in [0.25, 0.3) is 0 Å². The van der Waals surface area contributed by atoms with Crippen molar-refractivity contribution in [3.05, 3.63) is 77.2 Å². The zero-order valence-electron chi connectivity index (χ0n) is 15.6. The van der Waals surface area contributed by atoms with Gasteiger partial charge < -0.3 is 10.3 Å². The summed E-state index contributed by atoms with van der Waals surface area (Å²) in [4.78, 5) is 3.49. The summed E-state index contributed by atoms with van der Waals surface area (Å²) < 4.78 is 13.6. The smallest absolute Gasteiger partial charge is 0.125 e. The molecule has 0 saturated heterocycles. The van der Waals surface area contributed by atoms with Crippen LogP contribution in [0.1, 0.15) is 42.5 Å². The average Bonchev–Trinajstić information content (AvgIpc) is 3.07. The van der Waals surface area contributed by atoms with Gasteiger partial charge >= 0.3 is 0 Å². The number of H-pyrrole nitrogens is 1. The highest BCUT2D eigenvalue weighted by Gasteiger charge is 2.33. The van der Waals surface area contributed by atoms with Crippen LogP contribution in [0.5, 0.6) is 0 Å². The molecule has 0 amide bonds. The molecule has 0 radical (unpaired) electrons. The summed E-state index contributed by atoms with van der Waals surface area (Å²) in [6.45, 7) is 3.24. The van der Waals surface area contributed by atoms with Gasteiger partial charge in [0.15, 0.2) is 0 Å². The number of fused-ring (bicyclic) bond motifs is 3. The summed E-state index contributed by atoms with van der Waals surface area (Å²) in [6.07, 6.45) is 5.64. The van der Waals surface area contributed by atoms with E-state index in [1.54, 1.807) is 12.1 Å². The number of halogens is 1. The van der Waals surface area contributed by atoms with Crippen molar-refractivity contribution in [2.24, 2.45) is 5.92 Å². The monoisotopic (exact) mass is 360 g/mol. The third kappa shape index (κ3) is 3.00. The molecule has 3 atom stereocenters. The van der Waals surface area contributed by atoms with Crippen LogP contribution in [0.25, 0.3) is 16.5 Å². The largest absolute Gasteiger partial charge is 0.358 e. The van der Waals surface area contributed by atoms with E-state index < -0.39 is 0 Å². The maximum Gasteiger partial charge on any atom is 0.125 e. The zero-order valence-corrected chi connectivity index (χ0v) is 15.6. The molecule has 138 valence electrons. The van der Waals surface area contributed by atoms with Crippen molar-refractivity contribution in [1.82, 2.24) is 10.3 Å². The molecule has 0 fully saturated rings. The third-order valence-corrected chi connectivity index (χ3v) is 6.40. The second-order valence-corrected chi connectivity index (χ2v) is 8.12. The lowest BCUT2D eigenvalue weighted by atomic mass is 9.74. The molecule has 1 aliphatic carbocycles. The molecule has 27 heavy (non-hydrogen) atoms. The lowest BCUT2D eigenvalue weighted by Gasteiger charge is -2.36. The fourth-order valence-electron chi connectivity index (χ4n) is 5.06. The number of nitrogens with one attached hydrogen (secondary N) is 2. The van der Waals surface area contributed by atoms with Gasteiger partial charge in [0.05, 0.1) is 0 Å². The minimum absolute atomic E-state index is 0.170. The maximum atomic E-state index is 13.6. The molecule has 0 spiro atoms. The number of hydrogen-bond acceptors (Lipinski definition) is 1. The van der Waals surface area contributed by atoms with Crippen molar-refractivity contribution in [1.29, 1.82) is 0 Å². The van der Waals surface area contributed by atoms with Crippen LogP contribution in [0.15, 0.2) is 54.6 Å². The molecule has 2 N–H and O–H groups in total. The molecule has 0 saturated carbocycles. The van der Waals surface area contributed by atoms with Crippen LogP contribution in [-0.4, -0.2) is 17.6 Å². The maximum absolute atomic E-state index is 13.6. The van der Waals surface area contributed by atoms with Crippen LogP contribution >= 0.6 is 0 Å². The average molecular weight is 360 g/mol. The SMILES string of the molecule is CC1CC(C2CC(c3ccccc3)=CCN2)Cc2c1[nH]c1cc(F)ccc21. The van der Waals surface area contributed by atoms with Crippen LogP contribution < -0.4 is 5.32 Å². The van der Waals surface area contributed by atoms with Gasteiger partial charge in [0, 0.05) is 29.2 Å². The Morgan fingerprint density at radius 3 is 2.74 bits per heavy atom. The minimum atomic E-state index is -0.170. The first kappa shape index (κ1) is 16.8. The molecule has 2 aromatic carbocycles. The standard InChI is InChI=1S/C24H25FN2/c1-15-11-18(12-21-20-8-7-19(25)14-23(20)27-24(15)21)22-13-17(9-10-26-22)16-5-3-2-4-6-16/h2-9,14-15,18,22,26-27H,10-13H2,1H3. The fourth-order valence-corrected chi connectivity index (χ4v) is 5.06. The van der Waals surface area contributed by atoms with Crippen molar-refractivity contribution in [2.75, 3.05) is 6.54 Å². The number of benzene rings is 2. The van der Waals surface area contributed by atoms with E-state index in [1.165, 1.54) is 34.2 Å². The van der Waals surface area contributed by atoms with Crippen LogP contribution in [0.4, 0.5) is 4.39 Å². The lowest BCUT2D eigenvalue weighted by Crippen LogP contribution is -2.41. The number of rotatable bonds is 2. The van der Waals surface area contributed by atoms with Crippen molar-refractivity contribution >= 4 is 16.5 Å². The molecule has 1 aliphatic heterocycles. The summed E-state index contributed by atoms with van der Waals surface area (Å²) in [5.74, 6) is 0.906. The van der Waals surface area contributed by atoms with Crippen molar-refractivity contribution < 1.29 is 4.39 Å². The second-order valence-electron chi connectivity index (χ2n) is 8.12. The van der Waals surface area contributed by atoms with Gasteiger partial charge in [-0.05, 0) is 66.0 Å². The zero-order chi connectivity index (χ0) is 18.4. The minimum Gasteiger partial charge on any atom is -0.358 e. The van der Waals surface area contributed by atoms with E-state index in [-0.39, 0.29) is 5.82 Å². The summed E-state index contributed by atoms with van der Waals surface area (Å²) >= 11 is 0. The molecule has 3 heteroatoms. The van der Waals surface area contributed by atoms with Crippen molar-refractivity contribution in [2.45, 2.75) is 38.1 Å². The summed E-state index contributed by atoms with van der Waals surface area (Å²) in [5, 5.41) is 4.93. The Balaban J connectivity index is 1.43. The fraction of sp³-hybridized carbons (Fsp3) is 0.333. The molecule has 2 heterocycles. The Hall–Kier alpha value is -2.39. The topological polar surface area (TPSA) is 27.8 Å². The van der Waals surface area contributed by atoms with Gasteiger partial charge in [-0.3, -0.25) is 0 Å². The molecule has 5 rings (SSSR count). The molecule has 3 aromatic rings. The predicted octanol–water partition coefficient (Wildman–Crippen LogP) is 5.42. The van der Waals surface area contributed by atoms with E-state index in [4.69, 9.17) is 0 Å². The van der Waals surface area contributed by atoms with Gasteiger partial charge in [-0.1, -0.05) is 43.3 Å². The van der Waals surface area contributed by atoms with Crippen LogP contribution in [0.2, 0.25) is 0 Å². The molecule has 3 unspecified atom stereocenters. The second kappa shape index (κ2) is 6.65. The molecular formula is C24H25FN2. The highest BCUT2D eigenvalue weighted by atomic mass is 19.1. The molecule has 1 aromatic heterocycles. The van der Waals surface area contributed by atoms with Crippen molar-refractivity contribution in [3.8, 4) is 0 Å². The Morgan fingerprint density at radius 1 is 1.04 bits per heavy atom. The Labute approximate surface area is 159 Å². The van der Waals surface area contributed by atoms with Gasteiger partial charge in [-0.25, -0.2) is 4.39 Å². The number of hydrogen-bond donors (Lipinski definition) is 2. The molecular weight excluding hydrogens is 335 g/mol. The quantitative estimate of drug-likeness (QED) is 0.627. The van der Waals surface area contributed by atoms with E-state index in [1.807, 2.05) is 6.07 Å². The first-order valence-corrected chi connectivity index (χ1v) is 9.97. The van der Waals surface area contributed by atoms with Gasteiger partial charge in [-0.2, -0.15) is 0 Å². The Morgan fingerprint density at radius 2 is 1.89 bits per heavy atom. The lowest BCUT2D eigenvalue weighted by molar-refractivity contribution is 0.306. The van der Waals surface area contributed by atoms with E-state index in [2.05, 4.69) is 53.6 Å². The Kier molecular flexibility index (Phi) is 4.13. The van der Waals surface area contributed by atoms with Crippen molar-refractivity contribution in [3.63, 3.8) is 0 Å². The number of aromatic nitrogens is 1. The van der Waals surface area contributed by atoms with E-state index >= 15 is 0 Å². The number of aromatic amines is 1. The molecule has 0 bridgehead atoms. The first-order valence-electron chi connectivity index (χ1n) is 9.97. The normalized spacial score (nSPS) is 25.3. The third-order valence-electron chi connectivity index (χ3n) is 6.40. The van der Waals surface area contributed by atoms with Crippen LogP contribution in [0, 0.1) is 11.7 Å². The van der Waals surface area contributed by atoms with E-state index in [9.17, 15) is 4.39 Å². The molecule has 2 aliphatic rings. The first-order chi connectivity index (χ1) is 13.2. The van der Waals surface area contributed by atoms with Gasteiger partial charge in [0.1, 0.15) is 5.82 Å². The van der Waals surface area contributed by atoms with Gasteiger partial charge in [-0.15, -0.1) is 0 Å². The summed E-state index contributed by atoms with van der Waals surface area (Å²) in [5.41, 5.74) is 6.44. The predicted molar refractivity (Wildman–Crippen MR) is 109 cm³/mol. The molecule has 2 nitrogen and oxygen atoms in total. The van der Waals surface area contributed by atoms with Gasteiger partial charge in [0.2, 0.25) is 0 Å². The summed E-state index contributed by atoms with van der Waals surface area (Å²) in [6, 6.07) is 16.4. The highest BCUT2D eigenvalue weighted by molar-refractivity contribution is 5.85. The van der Waals surface area contributed by atoms with E-state index in [0.29, 0.717) is 17.9 Å². The summed E-state index contributed by atoms with van der Waals surface area (Å²) in [7, 11) is 0. The van der Waals surface area contributed by atoms with E-state index in [0.717, 1.165) is 24.9 Å². The highest BCUT2D eigenvalue weighted by Crippen LogP contribution is 2.41. The Bertz CT molecular complexity index is 1000.